The van der Waals surface area contributed by atoms with E-state index in [-0.39, 0.29) is 24.3 Å². The van der Waals surface area contributed by atoms with E-state index < -0.39 is 0 Å². The summed E-state index contributed by atoms with van der Waals surface area (Å²) >= 11 is 0. The zero-order chi connectivity index (χ0) is 18.8. The van der Waals surface area contributed by atoms with Crippen molar-refractivity contribution in [1.29, 1.82) is 0 Å². The summed E-state index contributed by atoms with van der Waals surface area (Å²) in [6.45, 7) is 1.18. The summed E-state index contributed by atoms with van der Waals surface area (Å²) in [6.07, 6.45) is 3.74. The van der Waals surface area contributed by atoms with Crippen molar-refractivity contribution in [2.75, 3.05) is 24.5 Å². The molecular formula is C19H18FN5O2. The van der Waals surface area contributed by atoms with Crippen LogP contribution >= 0.6 is 0 Å². The number of pyridine rings is 1. The summed E-state index contributed by atoms with van der Waals surface area (Å²) in [7, 11) is 0. The maximum Gasteiger partial charge on any atom is 0.325 e. The van der Waals surface area contributed by atoms with Gasteiger partial charge >= 0.3 is 6.03 Å². The second kappa shape index (κ2) is 7.06. The van der Waals surface area contributed by atoms with Crippen molar-refractivity contribution in [3.63, 3.8) is 0 Å². The number of benzene rings is 1. The number of hydrogen-bond donors (Lipinski definition) is 1. The van der Waals surface area contributed by atoms with Gasteiger partial charge in [-0.1, -0.05) is 6.07 Å². The minimum atomic E-state index is -0.353. The highest BCUT2D eigenvalue weighted by atomic mass is 19.1. The maximum absolute atomic E-state index is 13.0. The minimum Gasteiger partial charge on any atom is -0.349 e. The summed E-state index contributed by atoms with van der Waals surface area (Å²) in [4.78, 5) is 32.1. The quantitative estimate of drug-likeness (QED) is 0.750. The summed E-state index contributed by atoms with van der Waals surface area (Å²) in [5, 5.41) is 2.79. The van der Waals surface area contributed by atoms with Crippen LogP contribution in [0, 0.1) is 5.82 Å². The number of rotatable bonds is 5. The van der Waals surface area contributed by atoms with Gasteiger partial charge in [0.15, 0.2) is 0 Å². The van der Waals surface area contributed by atoms with Crippen molar-refractivity contribution in [3.8, 4) is 0 Å². The molecule has 3 aromatic rings. The van der Waals surface area contributed by atoms with Crippen molar-refractivity contribution in [2.24, 2.45) is 0 Å². The first-order chi connectivity index (χ1) is 13.1. The van der Waals surface area contributed by atoms with Crippen LogP contribution in [-0.2, 0) is 11.3 Å². The van der Waals surface area contributed by atoms with Gasteiger partial charge in [0.1, 0.15) is 18.0 Å². The molecule has 7 nitrogen and oxygen atoms in total. The fraction of sp³-hybridized carbons (Fsp3) is 0.211. The molecule has 1 fully saturated rings. The molecule has 0 bridgehead atoms. The Balaban J connectivity index is 1.33. The van der Waals surface area contributed by atoms with Gasteiger partial charge in [0.25, 0.3) is 0 Å². The first-order valence-electron chi connectivity index (χ1n) is 8.61. The van der Waals surface area contributed by atoms with Crippen LogP contribution in [0.25, 0.3) is 5.65 Å². The van der Waals surface area contributed by atoms with E-state index in [1.807, 2.05) is 35.0 Å². The standard InChI is InChI=1S/C19H18FN5O2/c20-14-4-6-16(7-5-14)25-10-9-24(19(25)27)13-18(26)21-11-15-12-23-8-2-1-3-17(23)22-15/h1-8,12H,9-11,13H2,(H,21,26). The molecule has 1 aliphatic heterocycles. The van der Waals surface area contributed by atoms with E-state index in [0.717, 1.165) is 11.3 Å². The molecule has 1 aromatic carbocycles. The molecule has 4 rings (SSSR count). The van der Waals surface area contributed by atoms with Crippen LogP contribution < -0.4 is 10.2 Å². The lowest BCUT2D eigenvalue weighted by Gasteiger charge is -2.18. The number of carbonyl (C=O) groups excluding carboxylic acids is 2. The van der Waals surface area contributed by atoms with Crippen LogP contribution in [0.5, 0.6) is 0 Å². The lowest BCUT2D eigenvalue weighted by atomic mass is 10.3. The summed E-state index contributed by atoms with van der Waals surface area (Å²) in [6, 6.07) is 11.2. The Kier molecular flexibility index (Phi) is 4.45. The molecule has 8 heteroatoms. The monoisotopic (exact) mass is 367 g/mol. The first-order valence-corrected chi connectivity index (χ1v) is 8.61. The van der Waals surface area contributed by atoms with E-state index in [0.29, 0.717) is 25.3 Å². The molecule has 3 heterocycles. The molecule has 0 aliphatic carbocycles. The maximum atomic E-state index is 13.0. The zero-order valence-electron chi connectivity index (χ0n) is 14.5. The highest BCUT2D eigenvalue weighted by Crippen LogP contribution is 2.20. The van der Waals surface area contributed by atoms with Gasteiger partial charge in [0.05, 0.1) is 12.2 Å². The molecule has 1 aliphatic rings. The number of anilines is 1. The SMILES string of the molecule is O=C(CN1CCN(c2ccc(F)cc2)C1=O)NCc1cn2ccccc2n1. The van der Waals surface area contributed by atoms with Crippen molar-refractivity contribution >= 4 is 23.3 Å². The Morgan fingerprint density at radius 2 is 1.96 bits per heavy atom. The molecule has 0 atom stereocenters. The number of carbonyl (C=O) groups is 2. The summed E-state index contributed by atoms with van der Waals surface area (Å²) < 4.78 is 14.9. The lowest BCUT2D eigenvalue weighted by molar-refractivity contribution is -0.121. The van der Waals surface area contributed by atoms with Gasteiger partial charge in [-0.15, -0.1) is 0 Å². The molecule has 1 saturated heterocycles. The topological polar surface area (TPSA) is 70.0 Å². The number of halogens is 1. The van der Waals surface area contributed by atoms with Crippen molar-refractivity contribution in [2.45, 2.75) is 6.54 Å². The van der Waals surface area contributed by atoms with Crippen molar-refractivity contribution in [1.82, 2.24) is 19.6 Å². The molecule has 0 radical (unpaired) electrons. The molecule has 2 aromatic heterocycles. The largest absolute Gasteiger partial charge is 0.349 e. The average molecular weight is 367 g/mol. The number of nitrogens with one attached hydrogen (secondary N) is 1. The van der Waals surface area contributed by atoms with Crippen LogP contribution in [0.2, 0.25) is 0 Å². The van der Waals surface area contributed by atoms with E-state index in [9.17, 15) is 14.0 Å². The van der Waals surface area contributed by atoms with Gasteiger partial charge in [-0.3, -0.25) is 9.69 Å². The highest BCUT2D eigenvalue weighted by Gasteiger charge is 2.30. The molecule has 0 saturated carbocycles. The van der Waals surface area contributed by atoms with Gasteiger partial charge < -0.3 is 14.6 Å². The van der Waals surface area contributed by atoms with E-state index in [2.05, 4.69) is 10.3 Å². The van der Waals surface area contributed by atoms with Gasteiger partial charge in [-0.2, -0.15) is 0 Å². The summed E-state index contributed by atoms with van der Waals surface area (Å²) in [5.41, 5.74) is 2.18. The third-order valence-electron chi connectivity index (χ3n) is 4.45. The van der Waals surface area contributed by atoms with E-state index in [1.165, 1.54) is 21.9 Å². The fourth-order valence-corrected chi connectivity index (χ4v) is 3.08. The summed E-state index contributed by atoms with van der Waals surface area (Å²) in [5.74, 6) is -0.602. The number of urea groups is 1. The number of aromatic nitrogens is 2. The fourth-order valence-electron chi connectivity index (χ4n) is 3.08. The Bertz CT molecular complexity index is 952. The molecular weight excluding hydrogens is 349 g/mol. The lowest BCUT2D eigenvalue weighted by Crippen LogP contribution is -2.39. The Hall–Kier alpha value is -3.42. The number of imidazole rings is 1. The van der Waals surface area contributed by atoms with Gasteiger partial charge in [0.2, 0.25) is 5.91 Å². The van der Waals surface area contributed by atoms with E-state index in [1.54, 1.807) is 12.1 Å². The predicted molar refractivity (Wildman–Crippen MR) is 97.8 cm³/mol. The Morgan fingerprint density at radius 1 is 1.15 bits per heavy atom. The van der Waals surface area contributed by atoms with Gasteiger partial charge in [-0.25, -0.2) is 14.2 Å². The van der Waals surface area contributed by atoms with E-state index >= 15 is 0 Å². The van der Waals surface area contributed by atoms with Crippen molar-refractivity contribution < 1.29 is 14.0 Å². The molecule has 1 N–H and O–H groups in total. The minimum absolute atomic E-state index is 0.0239. The van der Waals surface area contributed by atoms with Crippen molar-refractivity contribution in [3.05, 3.63) is 66.4 Å². The Morgan fingerprint density at radius 3 is 2.74 bits per heavy atom. The normalized spacial score (nSPS) is 14.2. The third kappa shape index (κ3) is 3.59. The number of amides is 3. The predicted octanol–water partition coefficient (Wildman–Crippen LogP) is 2.03. The molecule has 0 unspecified atom stereocenters. The van der Waals surface area contributed by atoms with Crippen LogP contribution in [-0.4, -0.2) is 45.9 Å². The molecule has 3 amide bonds. The average Bonchev–Trinajstić information content (AvgIpc) is 3.24. The Labute approximate surface area is 155 Å². The van der Waals surface area contributed by atoms with Crippen LogP contribution in [0.4, 0.5) is 14.9 Å². The second-order valence-electron chi connectivity index (χ2n) is 6.31. The van der Waals surface area contributed by atoms with Crippen LogP contribution in [0.15, 0.2) is 54.9 Å². The first kappa shape index (κ1) is 17.0. The molecule has 0 spiro atoms. The highest BCUT2D eigenvalue weighted by molar-refractivity contribution is 5.96. The third-order valence-corrected chi connectivity index (χ3v) is 4.45. The smallest absolute Gasteiger partial charge is 0.325 e. The molecule has 27 heavy (non-hydrogen) atoms. The van der Waals surface area contributed by atoms with Gasteiger partial charge in [-0.05, 0) is 36.4 Å². The number of nitrogens with zero attached hydrogens (tertiary/aromatic N) is 4. The number of fused-ring (bicyclic) bond motifs is 1. The molecule has 138 valence electrons. The second-order valence-corrected chi connectivity index (χ2v) is 6.31. The van der Waals surface area contributed by atoms with Crippen LogP contribution in [0.1, 0.15) is 5.69 Å². The number of hydrogen-bond acceptors (Lipinski definition) is 3. The van der Waals surface area contributed by atoms with E-state index in [4.69, 9.17) is 0 Å². The van der Waals surface area contributed by atoms with Crippen LogP contribution in [0.3, 0.4) is 0 Å². The zero-order valence-corrected chi connectivity index (χ0v) is 14.5. The van der Waals surface area contributed by atoms with Gasteiger partial charge in [0, 0.05) is 31.2 Å².